The second kappa shape index (κ2) is 10.4. The molecule has 0 atom stereocenters. The second-order valence-electron chi connectivity index (χ2n) is 6.40. The van der Waals surface area contributed by atoms with E-state index in [1.807, 2.05) is 0 Å². The molecule has 0 aliphatic rings. The van der Waals surface area contributed by atoms with Crippen molar-refractivity contribution in [3.8, 4) is 0 Å². The first-order chi connectivity index (χ1) is 14.8. The number of thioether (sulfide) groups is 1. The van der Waals surface area contributed by atoms with Gasteiger partial charge in [-0.2, -0.15) is 0 Å². The molecule has 3 aromatic rings. The number of hydrogen-bond acceptors (Lipinski definition) is 5. The molecule has 3 rings (SSSR count). The molecule has 0 aliphatic heterocycles. The van der Waals surface area contributed by atoms with E-state index in [-0.39, 0.29) is 28.6 Å². The smallest absolute Gasteiger partial charge is 0.254 e. The Morgan fingerprint density at radius 3 is 2.65 bits per heavy atom. The van der Waals surface area contributed by atoms with Gasteiger partial charge in [0.25, 0.3) is 5.91 Å². The largest absolute Gasteiger partial charge is 0.351 e. The third kappa shape index (κ3) is 6.02. The molecule has 0 radical (unpaired) electrons. The molecule has 0 aliphatic carbocycles. The second-order valence-corrected chi connectivity index (χ2v) is 7.78. The molecule has 0 spiro atoms. The van der Waals surface area contributed by atoms with Crippen molar-refractivity contribution in [2.24, 2.45) is 7.05 Å². The fourth-order valence-corrected chi connectivity index (χ4v) is 3.51. The van der Waals surface area contributed by atoms with E-state index in [1.165, 1.54) is 30.3 Å². The highest BCUT2D eigenvalue weighted by Gasteiger charge is 2.14. The monoisotopic (exact) mass is 465 g/mol. The fourth-order valence-electron chi connectivity index (χ4n) is 2.62. The number of aromatic nitrogens is 3. The third-order valence-corrected chi connectivity index (χ3v) is 5.47. The average molecular weight is 466 g/mol. The first kappa shape index (κ1) is 22.7. The molecule has 0 saturated carbocycles. The van der Waals surface area contributed by atoms with Gasteiger partial charge in [-0.05, 0) is 30.3 Å². The number of benzene rings is 2. The zero-order chi connectivity index (χ0) is 22.4. The van der Waals surface area contributed by atoms with Crippen molar-refractivity contribution in [2.75, 3.05) is 17.6 Å². The van der Waals surface area contributed by atoms with Gasteiger partial charge in [-0.1, -0.05) is 35.5 Å². The standard InChI is InChI=1S/C20H18ClF2N5O2S/c1-28-17(8-9-24-19(30)13-4-2-3-5-14(13)22)26-27-20(28)31-11-18(29)25-16-7-6-12(21)10-15(16)23/h2-7,10H,8-9,11H2,1H3,(H,24,30)(H,25,29). The summed E-state index contributed by atoms with van der Waals surface area (Å²) in [4.78, 5) is 24.1. The van der Waals surface area contributed by atoms with Crippen LogP contribution in [0.15, 0.2) is 47.6 Å². The molecule has 0 unspecified atom stereocenters. The third-order valence-electron chi connectivity index (χ3n) is 4.22. The Morgan fingerprint density at radius 2 is 1.90 bits per heavy atom. The van der Waals surface area contributed by atoms with Crippen LogP contribution in [0.1, 0.15) is 16.2 Å². The quantitative estimate of drug-likeness (QED) is 0.497. The van der Waals surface area contributed by atoms with Crippen molar-refractivity contribution in [3.05, 3.63) is 70.5 Å². The summed E-state index contributed by atoms with van der Waals surface area (Å²) in [6, 6.07) is 9.70. The van der Waals surface area contributed by atoms with Crippen LogP contribution in [0.5, 0.6) is 0 Å². The summed E-state index contributed by atoms with van der Waals surface area (Å²) in [5, 5.41) is 13.9. The Balaban J connectivity index is 1.49. The highest BCUT2D eigenvalue weighted by molar-refractivity contribution is 7.99. The molecule has 0 fully saturated rings. The van der Waals surface area contributed by atoms with Crippen molar-refractivity contribution in [1.29, 1.82) is 0 Å². The first-order valence-electron chi connectivity index (χ1n) is 9.14. The summed E-state index contributed by atoms with van der Waals surface area (Å²) in [5.74, 6) is -1.55. The van der Waals surface area contributed by atoms with Crippen LogP contribution in [0.2, 0.25) is 5.02 Å². The summed E-state index contributed by atoms with van der Waals surface area (Å²) >= 11 is 6.83. The minimum Gasteiger partial charge on any atom is -0.351 e. The van der Waals surface area contributed by atoms with Crippen LogP contribution in [0.4, 0.5) is 14.5 Å². The zero-order valence-electron chi connectivity index (χ0n) is 16.4. The summed E-state index contributed by atoms with van der Waals surface area (Å²) in [7, 11) is 1.73. The maximum Gasteiger partial charge on any atom is 0.254 e. The van der Waals surface area contributed by atoms with Gasteiger partial charge in [-0.15, -0.1) is 10.2 Å². The number of anilines is 1. The molecule has 1 aromatic heterocycles. The predicted octanol–water partition coefficient (Wildman–Crippen LogP) is 3.45. The van der Waals surface area contributed by atoms with E-state index in [9.17, 15) is 18.4 Å². The van der Waals surface area contributed by atoms with Crippen molar-refractivity contribution < 1.29 is 18.4 Å². The molecule has 2 amide bonds. The SMILES string of the molecule is Cn1c(CCNC(=O)c2ccccc2F)nnc1SCC(=O)Nc1ccc(Cl)cc1F. The summed E-state index contributed by atoms with van der Waals surface area (Å²) in [6.45, 7) is 0.236. The lowest BCUT2D eigenvalue weighted by molar-refractivity contribution is -0.113. The lowest BCUT2D eigenvalue weighted by Crippen LogP contribution is -2.27. The molecular formula is C20H18ClF2N5O2S. The van der Waals surface area contributed by atoms with Crippen LogP contribution in [0, 0.1) is 11.6 Å². The van der Waals surface area contributed by atoms with Crippen molar-refractivity contribution in [1.82, 2.24) is 20.1 Å². The van der Waals surface area contributed by atoms with Gasteiger partial charge in [-0.3, -0.25) is 9.59 Å². The Hall–Kier alpha value is -2.98. The molecule has 2 N–H and O–H groups in total. The summed E-state index contributed by atoms with van der Waals surface area (Å²) in [5.41, 5.74) is 0.0131. The van der Waals surface area contributed by atoms with Gasteiger partial charge in [0.2, 0.25) is 5.91 Å². The average Bonchev–Trinajstić information content (AvgIpc) is 3.08. The van der Waals surface area contributed by atoms with Gasteiger partial charge in [-0.25, -0.2) is 8.78 Å². The molecule has 31 heavy (non-hydrogen) atoms. The minimum absolute atomic E-state index is 0.00192. The maximum absolute atomic E-state index is 13.8. The van der Waals surface area contributed by atoms with Crippen molar-refractivity contribution >= 4 is 40.9 Å². The first-order valence-corrected chi connectivity index (χ1v) is 10.5. The number of carbonyl (C=O) groups is 2. The van der Waals surface area contributed by atoms with Gasteiger partial charge >= 0.3 is 0 Å². The van der Waals surface area contributed by atoms with Crippen LogP contribution in [-0.2, 0) is 18.3 Å². The predicted molar refractivity (Wildman–Crippen MR) is 114 cm³/mol. The van der Waals surface area contributed by atoms with Crippen LogP contribution in [0.3, 0.4) is 0 Å². The highest BCUT2D eigenvalue weighted by Crippen LogP contribution is 2.20. The minimum atomic E-state index is -0.621. The number of amides is 2. The van der Waals surface area contributed by atoms with Gasteiger partial charge in [0.15, 0.2) is 5.16 Å². The lowest BCUT2D eigenvalue weighted by atomic mass is 10.2. The van der Waals surface area contributed by atoms with E-state index in [1.54, 1.807) is 17.7 Å². The molecule has 0 bridgehead atoms. The van der Waals surface area contributed by atoms with Crippen LogP contribution in [0.25, 0.3) is 0 Å². The number of carbonyl (C=O) groups excluding carboxylic acids is 2. The number of nitrogens with zero attached hydrogens (tertiary/aromatic N) is 3. The molecule has 2 aromatic carbocycles. The molecular weight excluding hydrogens is 448 g/mol. The summed E-state index contributed by atoms with van der Waals surface area (Å²) < 4.78 is 29.1. The molecule has 7 nitrogen and oxygen atoms in total. The maximum atomic E-state index is 13.8. The van der Waals surface area contributed by atoms with Crippen molar-refractivity contribution in [2.45, 2.75) is 11.6 Å². The lowest BCUT2D eigenvalue weighted by Gasteiger charge is -2.07. The fraction of sp³-hybridized carbons (Fsp3) is 0.200. The Kier molecular flexibility index (Phi) is 7.59. The van der Waals surface area contributed by atoms with Crippen LogP contribution >= 0.6 is 23.4 Å². The zero-order valence-corrected chi connectivity index (χ0v) is 17.9. The van der Waals surface area contributed by atoms with Crippen LogP contribution < -0.4 is 10.6 Å². The van der Waals surface area contributed by atoms with E-state index in [0.29, 0.717) is 17.4 Å². The van der Waals surface area contributed by atoms with Gasteiger partial charge < -0.3 is 15.2 Å². The number of nitrogens with one attached hydrogen (secondary N) is 2. The van der Waals surface area contributed by atoms with Gasteiger partial charge in [0, 0.05) is 25.0 Å². The number of rotatable bonds is 8. The normalized spacial score (nSPS) is 10.7. The van der Waals surface area contributed by atoms with E-state index in [4.69, 9.17) is 11.6 Å². The Labute approximate surface area is 186 Å². The summed E-state index contributed by atoms with van der Waals surface area (Å²) in [6.07, 6.45) is 0.367. The van der Waals surface area contributed by atoms with Crippen LogP contribution in [-0.4, -0.2) is 38.9 Å². The highest BCUT2D eigenvalue weighted by atomic mass is 35.5. The molecule has 0 saturated heterocycles. The molecule has 1 heterocycles. The molecule has 11 heteroatoms. The van der Waals surface area contributed by atoms with E-state index in [2.05, 4.69) is 20.8 Å². The molecule has 162 valence electrons. The van der Waals surface area contributed by atoms with Crippen molar-refractivity contribution in [3.63, 3.8) is 0 Å². The van der Waals surface area contributed by atoms with Gasteiger partial charge in [0.05, 0.1) is 17.0 Å². The van der Waals surface area contributed by atoms with E-state index < -0.39 is 23.4 Å². The van der Waals surface area contributed by atoms with E-state index in [0.717, 1.165) is 17.8 Å². The van der Waals surface area contributed by atoms with Gasteiger partial charge in [0.1, 0.15) is 17.5 Å². The topological polar surface area (TPSA) is 88.9 Å². The number of halogens is 3. The van der Waals surface area contributed by atoms with E-state index >= 15 is 0 Å². The Bertz CT molecular complexity index is 1110. The Morgan fingerprint density at radius 1 is 1.13 bits per heavy atom. The number of hydrogen-bond donors (Lipinski definition) is 2.